The van der Waals surface area contributed by atoms with Crippen LogP contribution in [0.1, 0.15) is 12.6 Å². The van der Waals surface area contributed by atoms with Gasteiger partial charge in [0.05, 0.1) is 11.8 Å². The minimum absolute atomic E-state index is 0.507. The van der Waals surface area contributed by atoms with Gasteiger partial charge in [-0.2, -0.15) is 5.26 Å². The zero-order chi connectivity index (χ0) is 15.6. The van der Waals surface area contributed by atoms with Gasteiger partial charge >= 0.3 is 0 Å². The monoisotopic (exact) mass is 308 g/mol. The van der Waals surface area contributed by atoms with E-state index in [0.29, 0.717) is 6.61 Å². The lowest BCUT2D eigenvalue weighted by molar-refractivity contribution is 0.302. The summed E-state index contributed by atoms with van der Waals surface area (Å²) >= 11 is 1.65. The van der Waals surface area contributed by atoms with E-state index < -0.39 is 0 Å². The van der Waals surface area contributed by atoms with Crippen molar-refractivity contribution in [1.82, 2.24) is 4.98 Å². The van der Waals surface area contributed by atoms with E-state index in [9.17, 15) is 0 Å². The molecule has 0 N–H and O–H groups in total. The molecule has 2 aromatic carbocycles. The number of rotatable bonds is 4. The Kier molecular flexibility index (Phi) is 6.16. The standard InChI is InChI=1S/C16H13NOS.C2H3N/c1-3-7-13(8-4-1)16-17-14(12-19-16)11-18-15-9-5-2-6-10-15;1-2-3/h1-10,12H,11H2;1H3. The number of para-hydroxylation sites is 1. The summed E-state index contributed by atoms with van der Waals surface area (Å²) in [5.74, 6) is 0.872. The highest BCUT2D eigenvalue weighted by atomic mass is 32.1. The van der Waals surface area contributed by atoms with Crippen LogP contribution < -0.4 is 4.74 Å². The van der Waals surface area contributed by atoms with Crippen molar-refractivity contribution in [3.05, 3.63) is 71.7 Å². The minimum atomic E-state index is 0.507. The van der Waals surface area contributed by atoms with E-state index in [1.54, 1.807) is 17.4 Å². The molecule has 22 heavy (non-hydrogen) atoms. The molecular weight excluding hydrogens is 292 g/mol. The topological polar surface area (TPSA) is 45.9 Å². The van der Waals surface area contributed by atoms with Gasteiger partial charge in [0, 0.05) is 17.9 Å². The zero-order valence-corrected chi connectivity index (χ0v) is 13.1. The van der Waals surface area contributed by atoms with Gasteiger partial charge in [0.1, 0.15) is 17.4 Å². The number of nitrogens with zero attached hydrogens (tertiary/aromatic N) is 2. The molecule has 0 radical (unpaired) electrons. The molecule has 0 aliphatic heterocycles. The molecule has 0 fully saturated rings. The van der Waals surface area contributed by atoms with Crippen molar-refractivity contribution in [2.75, 3.05) is 0 Å². The first-order valence-corrected chi connectivity index (χ1v) is 7.70. The first kappa shape index (κ1) is 15.7. The lowest BCUT2D eigenvalue weighted by atomic mass is 10.2. The lowest BCUT2D eigenvalue weighted by Crippen LogP contribution is -1.95. The second kappa shape index (κ2) is 8.60. The van der Waals surface area contributed by atoms with Gasteiger partial charge in [-0.05, 0) is 12.1 Å². The van der Waals surface area contributed by atoms with E-state index in [4.69, 9.17) is 10.00 Å². The highest BCUT2D eigenvalue weighted by molar-refractivity contribution is 7.13. The van der Waals surface area contributed by atoms with E-state index in [1.807, 2.05) is 53.9 Å². The van der Waals surface area contributed by atoms with Crippen molar-refractivity contribution in [1.29, 1.82) is 5.26 Å². The second-order valence-corrected chi connectivity index (χ2v) is 5.19. The molecule has 0 unspecified atom stereocenters. The van der Waals surface area contributed by atoms with Crippen molar-refractivity contribution in [2.24, 2.45) is 0 Å². The van der Waals surface area contributed by atoms with Crippen LogP contribution in [-0.4, -0.2) is 4.98 Å². The molecule has 0 saturated heterocycles. The number of benzene rings is 2. The van der Waals surface area contributed by atoms with Gasteiger partial charge < -0.3 is 4.74 Å². The number of nitriles is 1. The quantitative estimate of drug-likeness (QED) is 0.687. The third-order valence-corrected chi connectivity index (χ3v) is 3.64. The van der Waals surface area contributed by atoms with Gasteiger partial charge in [-0.3, -0.25) is 0 Å². The summed E-state index contributed by atoms with van der Waals surface area (Å²) in [7, 11) is 0. The maximum atomic E-state index is 7.32. The highest BCUT2D eigenvalue weighted by Crippen LogP contribution is 2.23. The summed E-state index contributed by atoms with van der Waals surface area (Å²) in [5.41, 5.74) is 2.12. The highest BCUT2D eigenvalue weighted by Gasteiger charge is 2.04. The van der Waals surface area contributed by atoms with Gasteiger partial charge in [0.2, 0.25) is 0 Å². The molecular formula is C18H16N2OS. The maximum Gasteiger partial charge on any atom is 0.131 e. The molecule has 0 aliphatic carbocycles. The molecule has 0 spiro atoms. The van der Waals surface area contributed by atoms with Crippen molar-refractivity contribution >= 4 is 11.3 Å². The molecule has 3 aromatic rings. The summed E-state index contributed by atoms with van der Waals surface area (Å²) in [4.78, 5) is 4.59. The van der Waals surface area contributed by atoms with E-state index in [1.165, 1.54) is 6.92 Å². The number of hydrogen-bond acceptors (Lipinski definition) is 4. The molecule has 0 aliphatic rings. The Hall–Kier alpha value is -2.64. The predicted octanol–water partition coefficient (Wildman–Crippen LogP) is 4.92. The Balaban J connectivity index is 0.000000545. The van der Waals surface area contributed by atoms with Crippen LogP contribution in [0.15, 0.2) is 66.0 Å². The van der Waals surface area contributed by atoms with E-state index >= 15 is 0 Å². The number of aromatic nitrogens is 1. The summed E-state index contributed by atoms with van der Waals surface area (Å²) in [6, 6.07) is 21.8. The van der Waals surface area contributed by atoms with Gasteiger partial charge in [-0.15, -0.1) is 11.3 Å². The van der Waals surface area contributed by atoms with Crippen LogP contribution in [0.3, 0.4) is 0 Å². The van der Waals surface area contributed by atoms with Gasteiger partial charge in [0.15, 0.2) is 0 Å². The van der Waals surface area contributed by atoms with Crippen LogP contribution in [0, 0.1) is 11.3 Å². The van der Waals surface area contributed by atoms with Crippen molar-refractivity contribution < 1.29 is 4.74 Å². The predicted molar refractivity (Wildman–Crippen MR) is 89.6 cm³/mol. The van der Waals surface area contributed by atoms with E-state index in [-0.39, 0.29) is 0 Å². The molecule has 0 amide bonds. The SMILES string of the molecule is CC#N.c1ccc(OCc2csc(-c3ccccc3)n2)cc1. The molecule has 0 bridgehead atoms. The van der Waals surface area contributed by atoms with Gasteiger partial charge in [-0.1, -0.05) is 48.5 Å². The Bertz CT molecular complexity index is 718. The molecule has 1 aromatic heterocycles. The Morgan fingerprint density at radius 2 is 1.64 bits per heavy atom. The molecule has 3 rings (SSSR count). The first-order chi connectivity index (χ1) is 10.8. The fourth-order valence-corrected chi connectivity index (χ4v) is 2.57. The van der Waals surface area contributed by atoms with E-state index in [2.05, 4.69) is 17.1 Å². The third kappa shape index (κ3) is 4.72. The van der Waals surface area contributed by atoms with Gasteiger partial charge in [0.25, 0.3) is 0 Å². The Labute approximate surface area is 134 Å². The molecule has 1 heterocycles. The average Bonchev–Trinajstić information content (AvgIpc) is 3.05. The number of hydrogen-bond donors (Lipinski definition) is 0. The second-order valence-electron chi connectivity index (χ2n) is 4.34. The smallest absolute Gasteiger partial charge is 0.131 e. The van der Waals surface area contributed by atoms with Crippen LogP contribution in [-0.2, 0) is 6.61 Å². The Morgan fingerprint density at radius 1 is 1.05 bits per heavy atom. The van der Waals surface area contributed by atoms with Crippen LogP contribution in [0.2, 0.25) is 0 Å². The fourth-order valence-electron chi connectivity index (χ4n) is 1.76. The Morgan fingerprint density at radius 3 is 2.27 bits per heavy atom. The summed E-state index contributed by atoms with van der Waals surface area (Å²) < 4.78 is 5.69. The van der Waals surface area contributed by atoms with Crippen LogP contribution in [0.25, 0.3) is 10.6 Å². The van der Waals surface area contributed by atoms with Crippen LogP contribution in [0.4, 0.5) is 0 Å². The lowest BCUT2D eigenvalue weighted by Gasteiger charge is -2.02. The fraction of sp³-hybridized carbons (Fsp3) is 0.111. The summed E-state index contributed by atoms with van der Waals surface area (Å²) in [6.45, 7) is 1.94. The average molecular weight is 308 g/mol. The van der Waals surface area contributed by atoms with Crippen LogP contribution >= 0.6 is 11.3 Å². The first-order valence-electron chi connectivity index (χ1n) is 6.82. The molecule has 0 atom stereocenters. The van der Waals surface area contributed by atoms with Crippen LogP contribution in [0.5, 0.6) is 5.75 Å². The molecule has 3 nitrogen and oxygen atoms in total. The summed E-state index contributed by atoms with van der Waals surface area (Å²) in [6.07, 6.45) is 0. The van der Waals surface area contributed by atoms with E-state index in [0.717, 1.165) is 22.0 Å². The number of thiazole rings is 1. The molecule has 0 saturated carbocycles. The van der Waals surface area contributed by atoms with Crippen molar-refractivity contribution in [3.63, 3.8) is 0 Å². The largest absolute Gasteiger partial charge is 0.487 e. The third-order valence-electron chi connectivity index (χ3n) is 2.70. The minimum Gasteiger partial charge on any atom is -0.487 e. The maximum absolute atomic E-state index is 7.32. The number of ether oxygens (including phenoxy) is 1. The molecule has 4 heteroatoms. The summed E-state index contributed by atoms with van der Waals surface area (Å²) in [5, 5.41) is 10.4. The van der Waals surface area contributed by atoms with Crippen molar-refractivity contribution in [2.45, 2.75) is 13.5 Å². The molecule has 110 valence electrons. The van der Waals surface area contributed by atoms with Gasteiger partial charge in [-0.25, -0.2) is 4.98 Å². The zero-order valence-electron chi connectivity index (χ0n) is 12.3. The normalized spacial score (nSPS) is 9.27. The van der Waals surface area contributed by atoms with Crippen molar-refractivity contribution in [3.8, 4) is 22.4 Å².